The number of ether oxygens (including phenoxy) is 1. The van der Waals surface area contributed by atoms with E-state index in [1.807, 2.05) is 0 Å². The average Bonchev–Trinajstić information content (AvgIpc) is 2.24. The van der Waals surface area contributed by atoms with Crippen LogP contribution in [0, 0.1) is 0 Å². The molecule has 0 bridgehead atoms. The predicted octanol–water partition coefficient (Wildman–Crippen LogP) is -1.70. The molecule has 4 atom stereocenters. The van der Waals surface area contributed by atoms with Gasteiger partial charge in [-0.05, 0) is 13.8 Å². The maximum atomic E-state index is 11.0. The van der Waals surface area contributed by atoms with Gasteiger partial charge in [-0.2, -0.15) is 0 Å². The third kappa shape index (κ3) is 4.57. The number of aliphatic carboxylic acids is 1. The summed E-state index contributed by atoms with van der Waals surface area (Å²) in [7, 11) is 0. The molecule has 17 heavy (non-hydrogen) atoms. The maximum absolute atomic E-state index is 11.0. The largest absolute Gasteiger partial charge is 0.479 e. The molecule has 0 aliphatic heterocycles. The average molecular weight is 251 g/mol. The zero-order valence-corrected chi connectivity index (χ0v) is 10.0. The van der Waals surface area contributed by atoms with Crippen LogP contribution in [0.15, 0.2) is 0 Å². The summed E-state index contributed by atoms with van der Waals surface area (Å²) in [6, 6.07) is 0. The van der Waals surface area contributed by atoms with Crippen LogP contribution in [-0.2, 0) is 9.53 Å². The molecule has 0 radical (unpaired) electrons. The van der Waals surface area contributed by atoms with E-state index in [4.69, 9.17) is 20.7 Å². The Kier molecular flexibility index (Phi) is 6.58. The Bertz CT molecular complexity index is 247. The van der Waals surface area contributed by atoms with E-state index in [0.29, 0.717) is 0 Å². The van der Waals surface area contributed by atoms with E-state index in [1.165, 1.54) is 13.8 Å². The highest BCUT2D eigenvalue weighted by molar-refractivity contribution is 5.76. The van der Waals surface area contributed by atoms with Crippen molar-refractivity contribution in [2.75, 3.05) is 13.2 Å². The fourth-order valence-electron chi connectivity index (χ4n) is 1.36. The van der Waals surface area contributed by atoms with Gasteiger partial charge in [0.05, 0.1) is 12.2 Å². The third-order valence-corrected chi connectivity index (χ3v) is 2.53. The lowest BCUT2D eigenvalue weighted by Crippen LogP contribution is -2.51. The molecule has 0 amide bonds. The molecule has 7 nitrogen and oxygen atoms in total. The van der Waals surface area contributed by atoms with Crippen molar-refractivity contribution in [3.8, 4) is 0 Å². The summed E-state index contributed by atoms with van der Waals surface area (Å²) < 4.78 is 5.21. The Balaban J connectivity index is 4.86. The molecule has 0 aromatic heterocycles. The molecule has 7 heteroatoms. The zero-order chi connectivity index (χ0) is 13.6. The molecule has 0 heterocycles. The van der Waals surface area contributed by atoms with E-state index in [9.17, 15) is 15.0 Å². The normalized spacial score (nSPS) is 20.4. The van der Waals surface area contributed by atoms with Crippen molar-refractivity contribution in [3.63, 3.8) is 0 Å². The Labute approximate surface area is 99.8 Å². The Morgan fingerprint density at radius 3 is 2.29 bits per heavy atom. The second-order valence-electron chi connectivity index (χ2n) is 4.14. The molecule has 102 valence electrons. The smallest absolute Gasteiger partial charge is 0.335 e. The number of aliphatic hydroxyl groups excluding tert-OH is 3. The molecular formula is C10H21NO6. The summed E-state index contributed by atoms with van der Waals surface area (Å²) in [5.74, 6) is -1.28. The van der Waals surface area contributed by atoms with Crippen LogP contribution in [0.3, 0.4) is 0 Å². The summed E-state index contributed by atoms with van der Waals surface area (Å²) in [5.41, 5.74) is 3.57. The van der Waals surface area contributed by atoms with Crippen molar-refractivity contribution in [2.24, 2.45) is 5.73 Å². The van der Waals surface area contributed by atoms with Crippen molar-refractivity contribution in [1.29, 1.82) is 0 Å². The van der Waals surface area contributed by atoms with Crippen molar-refractivity contribution in [2.45, 2.75) is 44.2 Å². The van der Waals surface area contributed by atoms with Gasteiger partial charge in [0.25, 0.3) is 0 Å². The van der Waals surface area contributed by atoms with E-state index in [-0.39, 0.29) is 19.6 Å². The number of rotatable bonds is 8. The van der Waals surface area contributed by atoms with Crippen LogP contribution in [0.5, 0.6) is 0 Å². The molecule has 0 aromatic rings. The van der Waals surface area contributed by atoms with Gasteiger partial charge < -0.3 is 30.9 Å². The standard InChI is InChI=1S/C10H21NO6/c1-6(13)8(7(14)5-11)17-10(2,3-4-12)9(15)16/h6-8,12-14H,3-5,11H2,1-2H3,(H,15,16)/t6-,7-,8?,10?/m1/s1. The number of carboxylic acid groups (broad SMARTS) is 1. The first-order chi connectivity index (χ1) is 7.78. The highest BCUT2D eigenvalue weighted by atomic mass is 16.6. The summed E-state index contributed by atoms with van der Waals surface area (Å²) >= 11 is 0. The molecule has 0 rings (SSSR count). The van der Waals surface area contributed by atoms with E-state index in [0.717, 1.165) is 0 Å². The second kappa shape index (κ2) is 6.87. The molecule has 0 saturated heterocycles. The van der Waals surface area contributed by atoms with Crippen molar-refractivity contribution in [3.05, 3.63) is 0 Å². The number of carbonyl (C=O) groups is 1. The highest BCUT2D eigenvalue weighted by Crippen LogP contribution is 2.21. The van der Waals surface area contributed by atoms with Gasteiger partial charge in [0.2, 0.25) is 0 Å². The van der Waals surface area contributed by atoms with Gasteiger partial charge in [-0.3, -0.25) is 0 Å². The van der Waals surface area contributed by atoms with Gasteiger partial charge in [0.15, 0.2) is 5.60 Å². The van der Waals surface area contributed by atoms with E-state index in [2.05, 4.69) is 0 Å². The molecule has 6 N–H and O–H groups in total. The first-order valence-electron chi connectivity index (χ1n) is 5.36. The number of hydrogen-bond donors (Lipinski definition) is 5. The lowest BCUT2D eigenvalue weighted by Gasteiger charge is -2.33. The molecule has 2 unspecified atom stereocenters. The van der Waals surface area contributed by atoms with Crippen molar-refractivity contribution < 1.29 is 30.0 Å². The Hall–Kier alpha value is -0.730. The molecule has 0 saturated carbocycles. The van der Waals surface area contributed by atoms with Gasteiger partial charge >= 0.3 is 5.97 Å². The molecule has 0 fully saturated rings. The van der Waals surface area contributed by atoms with Gasteiger partial charge in [-0.1, -0.05) is 0 Å². The molecule has 0 aromatic carbocycles. The lowest BCUT2D eigenvalue weighted by atomic mass is 10.0. The SMILES string of the molecule is C[C@@H](O)C(OC(C)(CCO)C(=O)O)[C@H](O)CN. The maximum Gasteiger partial charge on any atom is 0.335 e. The minimum atomic E-state index is -1.67. The fourth-order valence-corrected chi connectivity index (χ4v) is 1.36. The van der Waals surface area contributed by atoms with Crippen molar-refractivity contribution in [1.82, 2.24) is 0 Å². The van der Waals surface area contributed by atoms with Crippen LogP contribution in [0.2, 0.25) is 0 Å². The number of nitrogens with two attached hydrogens (primary N) is 1. The first-order valence-corrected chi connectivity index (χ1v) is 5.36. The van der Waals surface area contributed by atoms with Crippen molar-refractivity contribution >= 4 is 5.97 Å². The topological polar surface area (TPSA) is 133 Å². The van der Waals surface area contributed by atoms with Gasteiger partial charge in [-0.15, -0.1) is 0 Å². The minimum absolute atomic E-state index is 0.150. The highest BCUT2D eigenvalue weighted by Gasteiger charge is 2.39. The first kappa shape index (κ1) is 16.3. The van der Waals surface area contributed by atoms with E-state index >= 15 is 0 Å². The quantitative estimate of drug-likeness (QED) is 0.347. The molecular weight excluding hydrogens is 230 g/mol. The minimum Gasteiger partial charge on any atom is -0.479 e. The fraction of sp³-hybridized carbons (Fsp3) is 0.900. The third-order valence-electron chi connectivity index (χ3n) is 2.53. The number of carboxylic acids is 1. The zero-order valence-electron chi connectivity index (χ0n) is 10.0. The van der Waals surface area contributed by atoms with E-state index in [1.54, 1.807) is 0 Å². The summed E-state index contributed by atoms with van der Waals surface area (Å²) in [6.45, 7) is 2.09. The molecule has 0 aliphatic rings. The van der Waals surface area contributed by atoms with Crippen LogP contribution in [0.1, 0.15) is 20.3 Å². The van der Waals surface area contributed by atoms with Gasteiger partial charge in [0, 0.05) is 19.6 Å². The molecule has 0 spiro atoms. The van der Waals surface area contributed by atoms with Crippen LogP contribution >= 0.6 is 0 Å². The predicted molar refractivity (Wildman–Crippen MR) is 59.4 cm³/mol. The van der Waals surface area contributed by atoms with Crippen LogP contribution in [0.4, 0.5) is 0 Å². The number of aliphatic hydroxyl groups is 3. The van der Waals surface area contributed by atoms with Gasteiger partial charge in [0.1, 0.15) is 6.10 Å². The summed E-state index contributed by atoms with van der Waals surface area (Å²) in [5, 5.41) is 36.8. The second-order valence-corrected chi connectivity index (χ2v) is 4.14. The number of hydrogen-bond acceptors (Lipinski definition) is 6. The molecule has 0 aliphatic carbocycles. The Morgan fingerprint density at radius 1 is 1.47 bits per heavy atom. The summed E-state index contributed by atoms with van der Waals surface area (Å²) in [4.78, 5) is 11.0. The van der Waals surface area contributed by atoms with Gasteiger partial charge in [-0.25, -0.2) is 4.79 Å². The monoisotopic (exact) mass is 251 g/mol. The van der Waals surface area contributed by atoms with E-state index < -0.39 is 29.9 Å². The van der Waals surface area contributed by atoms with Crippen LogP contribution in [0.25, 0.3) is 0 Å². The Morgan fingerprint density at radius 2 is 2.00 bits per heavy atom. The van der Waals surface area contributed by atoms with Crippen LogP contribution in [-0.4, -0.2) is 63.5 Å². The lowest BCUT2D eigenvalue weighted by molar-refractivity contribution is -0.194. The summed E-state index contributed by atoms with van der Waals surface area (Å²) in [6.07, 6.45) is -3.52. The van der Waals surface area contributed by atoms with Crippen LogP contribution < -0.4 is 5.73 Å².